The van der Waals surface area contributed by atoms with Gasteiger partial charge in [-0.15, -0.1) is 0 Å². The molecule has 1 aliphatic heterocycles. The van der Waals surface area contributed by atoms with Crippen LogP contribution in [0.4, 0.5) is 0 Å². The Morgan fingerprint density at radius 2 is 1.93 bits per heavy atom. The monoisotopic (exact) mass is 212 g/mol. The van der Waals surface area contributed by atoms with Crippen LogP contribution >= 0.6 is 0 Å². The quantitative estimate of drug-likeness (QED) is 0.761. The van der Waals surface area contributed by atoms with Crippen LogP contribution in [0.15, 0.2) is 12.5 Å². The van der Waals surface area contributed by atoms with Gasteiger partial charge in [-0.2, -0.15) is 0 Å². The lowest BCUT2D eigenvalue weighted by atomic mass is 9.86. The number of ether oxygens (including phenoxy) is 2. The average Bonchev–Trinajstić information content (AvgIpc) is 2.91. The van der Waals surface area contributed by atoms with E-state index < -0.39 is 5.79 Å². The first-order valence-electron chi connectivity index (χ1n) is 5.85. The molecule has 1 saturated carbocycles. The van der Waals surface area contributed by atoms with E-state index in [0.717, 1.165) is 32.1 Å². The fraction of sp³-hybridized carbons (Fsp3) is 0.833. The zero-order chi connectivity index (χ0) is 10.9. The number of hydrogen-bond donors (Lipinski definition) is 1. The van der Waals surface area contributed by atoms with Gasteiger partial charge in [0.15, 0.2) is 0 Å². The van der Waals surface area contributed by atoms with E-state index >= 15 is 0 Å². The molecule has 0 bridgehead atoms. The number of aliphatic hydroxyl groups excluding tert-OH is 1. The first-order chi connectivity index (χ1) is 7.17. The third-order valence-electron chi connectivity index (χ3n) is 3.78. The Kier molecular flexibility index (Phi) is 2.67. The summed E-state index contributed by atoms with van der Waals surface area (Å²) in [5.74, 6) is -0.586. The van der Waals surface area contributed by atoms with Crippen molar-refractivity contribution < 1.29 is 14.6 Å². The number of aliphatic hydroxyl groups is 1. The van der Waals surface area contributed by atoms with Gasteiger partial charge in [-0.3, -0.25) is 0 Å². The lowest BCUT2D eigenvalue weighted by Gasteiger charge is -2.37. The van der Waals surface area contributed by atoms with Crippen molar-refractivity contribution in [3.63, 3.8) is 0 Å². The Bertz CT molecular complexity index is 246. The summed E-state index contributed by atoms with van der Waals surface area (Å²) >= 11 is 0. The van der Waals surface area contributed by atoms with Crippen molar-refractivity contribution in [1.29, 1.82) is 0 Å². The molecule has 15 heavy (non-hydrogen) atoms. The Balaban J connectivity index is 2.12. The van der Waals surface area contributed by atoms with Crippen LogP contribution in [-0.2, 0) is 9.47 Å². The highest BCUT2D eigenvalue weighted by Gasteiger charge is 2.66. The van der Waals surface area contributed by atoms with Gasteiger partial charge in [0.1, 0.15) is 12.5 Å². The summed E-state index contributed by atoms with van der Waals surface area (Å²) < 4.78 is 11.3. The minimum atomic E-state index is -0.586. The van der Waals surface area contributed by atoms with Crippen LogP contribution in [0.1, 0.15) is 46.0 Å². The molecule has 3 nitrogen and oxygen atoms in total. The zero-order valence-electron chi connectivity index (χ0n) is 9.53. The molecule has 0 amide bonds. The first kappa shape index (κ1) is 10.8. The molecule has 0 aromatic heterocycles. The highest BCUT2D eigenvalue weighted by atomic mass is 16.7. The Hall–Kier alpha value is -0.700. The molecule has 3 heteroatoms. The summed E-state index contributed by atoms with van der Waals surface area (Å²) in [5.41, 5.74) is -0.175. The SMILES string of the molecule is CCCCC1(C2(C(C)O)CC2)OC=CO1. The highest BCUT2D eigenvalue weighted by molar-refractivity contribution is 5.10. The molecule has 86 valence electrons. The highest BCUT2D eigenvalue weighted by Crippen LogP contribution is 2.61. The molecule has 1 atom stereocenters. The summed E-state index contributed by atoms with van der Waals surface area (Å²) in [7, 11) is 0. The molecule has 0 radical (unpaired) electrons. The fourth-order valence-corrected chi connectivity index (χ4v) is 2.57. The molecular weight excluding hydrogens is 192 g/mol. The third kappa shape index (κ3) is 1.53. The van der Waals surface area contributed by atoms with E-state index in [1.54, 1.807) is 12.5 Å². The van der Waals surface area contributed by atoms with Gasteiger partial charge in [0, 0.05) is 6.42 Å². The van der Waals surface area contributed by atoms with Gasteiger partial charge < -0.3 is 14.6 Å². The van der Waals surface area contributed by atoms with Crippen LogP contribution in [-0.4, -0.2) is 17.0 Å². The van der Waals surface area contributed by atoms with Crippen LogP contribution in [0.25, 0.3) is 0 Å². The van der Waals surface area contributed by atoms with E-state index in [9.17, 15) is 5.11 Å². The third-order valence-corrected chi connectivity index (χ3v) is 3.78. The van der Waals surface area contributed by atoms with E-state index in [1.807, 2.05) is 6.92 Å². The molecule has 1 fully saturated rings. The molecule has 1 unspecified atom stereocenters. The van der Waals surface area contributed by atoms with Crippen LogP contribution in [0.2, 0.25) is 0 Å². The second kappa shape index (κ2) is 3.71. The van der Waals surface area contributed by atoms with E-state index in [1.165, 1.54) is 0 Å². The summed E-state index contributed by atoms with van der Waals surface area (Å²) in [6.07, 6.45) is 7.89. The van der Waals surface area contributed by atoms with Crippen molar-refractivity contribution in [2.75, 3.05) is 0 Å². The maximum Gasteiger partial charge on any atom is 0.257 e. The summed E-state index contributed by atoms with van der Waals surface area (Å²) in [6.45, 7) is 3.99. The number of hydrogen-bond acceptors (Lipinski definition) is 3. The van der Waals surface area contributed by atoms with Gasteiger partial charge in [0.25, 0.3) is 5.79 Å². The Morgan fingerprint density at radius 1 is 1.33 bits per heavy atom. The largest absolute Gasteiger partial charge is 0.456 e. The van der Waals surface area contributed by atoms with Crippen molar-refractivity contribution in [3.8, 4) is 0 Å². The van der Waals surface area contributed by atoms with E-state index in [-0.39, 0.29) is 11.5 Å². The molecule has 0 aromatic rings. The lowest BCUT2D eigenvalue weighted by Crippen LogP contribution is -2.46. The summed E-state index contributed by atoms with van der Waals surface area (Å²) in [4.78, 5) is 0. The van der Waals surface area contributed by atoms with Crippen molar-refractivity contribution >= 4 is 0 Å². The van der Waals surface area contributed by atoms with Crippen molar-refractivity contribution in [3.05, 3.63) is 12.5 Å². The smallest absolute Gasteiger partial charge is 0.257 e. The molecule has 1 N–H and O–H groups in total. The van der Waals surface area contributed by atoms with Crippen LogP contribution in [0.5, 0.6) is 0 Å². The van der Waals surface area contributed by atoms with Gasteiger partial charge in [-0.25, -0.2) is 0 Å². The van der Waals surface area contributed by atoms with E-state index in [0.29, 0.717) is 0 Å². The minimum absolute atomic E-state index is 0.175. The topological polar surface area (TPSA) is 38.7 Å². The van der Waals surface area contributed by atoms with Gasteiger partial charge >= 0.3 is 0 Å². The van der Waals surface area contributed by atoms with Gasteiger partial charge in [-0.05, 0) is 26.2 Å². The second-order valence-electron chi connectivity index (χ2n) is 4.70. The molecule has 0 spiro atoms. The summed E-state index contributed by atoms with van der Waals surface area (Å²) in [5, 5.41) is 9.88. The molecule has 2 aliphatic rings. The maximum absolute atomic E-state index is 9.88. The fourth-order valence-electron chi connectivity index (χ4n) is 2.57. The van der Waals surface area contributed by atoms with Gasteiger partial charge in [0.05, 0.1) is 11.5 Å². The molecular formula is C12H20O3. The molecule has 0 aromatic carbocycles. The zero-order valence-corrected chi connectivity index (χ0v) is 9.53. The van der Waals surface area contributed by atoms with E-state index in [2.05, 4.69) is 6.92 Å². The first-order valence-corrected chi connectivity index (χ1v) is 5.85. The minimum Gasteiger partial charge on any atom is -0.456 e. The lowest BCUT2D eigenvalue weighted by molar-refractivity contribution is -0.220. The van der Waals surface area contributed by atoms with Crippen molar-refractivity contribution in [2.45, 2.75) is 57.8 Å². The predicted molar refractivity (Wildman–Crippen MR) is 56.9 cm³/mol. The van der Waals surface area contributed by atoms with Crippen molar-refractivity contribution in [1.82, 2.24) is 0 Å². The molecule has 0 saturated heterocycles. The van der Waals surface area contributed by atoms with Crippen LogP contribution < -0.4 is 0 Å². The number of unbranched alkanes of at least 4 members (excludes halogenated alkanes) is 1. The van der Waals surface area contributed by atoms with Crippen molar-refractivity contribution in [2.24, 2.45) is 5.41 Å². The normalized spacial score (nSPS) is 26.9. The van der Waals surface area contributed by atoms with Crippen LogP contribution in [0.3, 0.4) is 0 Å². The molecule has 1 aliphatic carbocycles. The van der Waals surface area contributed by atoms with E-state index in [4.69, 9.17) is 9.47 Å². The predicted octanol–water partition coefficient (Wildman–Crippen LogP) is 2.55. The maximum atomic E-state index is 9.88. The van der Waals surface area contributed by atoms with Gasteiger partial charge in [0.2, 0.25) is 0 Å². The average molecular weight is 212 g/mol. The second-order valence-corrected chi connectivity index (χ2v) is 4.70. The standard InChI is InChI=1S/C12H20O3/c1-3-4-5-12(14-8-9-15-12)11(6-7-11)10(2)13/h8-10,13H,3-7H2,1-2H3. The number of rotatable bonds is 5. The summed E-state index contributed by atoms with van der Waals surface area (Å²) in [6, 6.07) is 0. The van der Waals surface area contributed by atoms with Crippen LogP contribution in [0, 0.1) is 5.41 Å². The molecule has 2 rings (SSSR count). The Labute approximate surface area is 91.1 Å². The Morgan fingerprint density at radius 3 is 2.33 bits per heavy atom. The van der Waals surface area contributed by atoms with Gasteiger partial charge in [-0.1, -0.05) is 13.3 Å². The molecule has 1 heterocycles.